The van der Waals surface area contributed by atoms with E-state index in [4.69, 9.17) is 5.73 Å². The van der Waals surface area contributed by atoms with Gasteiger partial charge in [-0.3, -0.25) is 0 Å². The van der Waals surface area contributed by atoms with Crippen LogP contribution in [0.1, 0.15) is 25.7 Å². The Hall–Kier alpha value is -0.0800. The minimum atomic E-state index is 0.820. The maximum Gasteiger partial charge on any atom is 0.000966 e. The van der Waals surface area contributed by atoms with Gasteiger partial charge < -0.3 is 10.6 Å². The third kappa shape index (κ3) is 2.20. The molecule has 1 aliphatic carbocycles. The first kappa shape index (κ1) is 8.52. The van der Waals surface area contributed by atoms with Crippen LogP contribution in [-0.2, 0) is 0 Å². The van der Waals surface area contributed by atoms with Crippen LogP contribution in [0.5, 0.6) is 0 Å². The Bertz CT molecular complexity index is 135. The number of hydrogen-bond donors (Lipinski definition) is 1. The van der Waals surface area contributed by atoms with Crippen LogP contribution in [-0.4, -0.2) is 31.1 Å². The summed E-state index contributed by atoms with van der Waals surface area (Å²) in [7, 11) is 0. The topological polar surface area (TPSA) is 29.3 Å². The molecular weight excluding hydrogens is 148 g/mol. The van der Waals surface area contributed by atoms with E-state index in [0.717, 1.165) is 18.4 Å². The molecule has 0 aromatic carbocycles. The van der Waals surface area contributed by atoms with Gasteiger partial charge in [0.2, 0.25) is 0 Å². The van der Waals surface area contributed by atoms with Crippen molar-refractivity contribution in [1.82, 2.24) is 4.90 Å². The van der Waals surface area contributed by atoms with E-state index < -0.39 is 0 Å². The second-order valence-electron chi connectivity index (χ2n) is 4.42. The molecule has 0 radical (unpaired) electrons. The monoisotopic (exact) mass is 168 g/mol. The molecule has 2 rings (SSSR count). The van der Waals surface area contributed by atoms with E-state index >= 15 is 0 Å². The summed E-state index contributed by atoms with van der Waals surface area (Å²) in [4.78, 5) is 2.63. The molecule has 1 aliphatic heterocycles. The largest absolute Gasteiger partial charge is 0.330 e. The first-order chi connectivity index (χ1) is 5.88. The fourth-order valence-electron chi connectivity index (χ4n) is 2.07. The van der Waals surface area contributed by atoms with Crippen LogP contribution in [0.3, 0.4) is 0 Å². The van der Waals surface area contributed by atoms with Crippen molar-refractivity contribution < 1.29 is 0 Å². The van der Waals surface area contributed by atoms with Crippen LogP contribution in [0.25, 0.3) is 0 Å². The van der Waals surface area contributed by atoms with Crippen molar-refractivity contribution in [2.45, 2.75) is 25.7 Å². The molecule has 1 saturated heterocycles. The van der Waals surface area contributed by atoms with Crippen molar-refractivity contribution in [3.8, 4) is 0 Å². The van der Waals surface area contributed by atoms with Gasteiger partial charge >= 0.3 is 0 Å². The Morgan fingerprint density at radius 1 is 1.00 bits per heavy atom. The highest BCUT2D eigenvalue weighted by Crippen LogP contribution is 2.30. The molecule has 0 aromatic rings. The molecule has 70 valence electrons. The second-order valence-corrected chi connectivity index (χ2v) is 4.42. The second kappa shape index (κ2) is 3.75. The number of piperidine rings is 1. The van der Waals surface area contributed by atoms with Gasteiger partial charge in [0.25, 0.3) is 0 Å². The van der Waals surface area contributed by atoms with Crippen LogP contribution in [0, 0.1) is 11.8 Å². The molecule has 2 N–H and O–H groups in total. The van der Waals surface area contributed by atoms with E-state index in [1.54, 1.807) is 0 Å². The van der Waals surface area contributed by atoms with Crippen molar-refractivity contribution in [2.24, 2.45) is 17.6 Å². The lowest BCUT2D eigenvalue weighted by Crippen LogP contribution is -2.37. The Labute approximate surface area is 75.1 Å². The van der Waals surface area contributed by atoms with E-state index in [2.05, 4.69) is 4.90 Å². The smallest absolute Gasteiger partial charge is 0.000966 e. The molecule has 0 atom stereocenters. The molecule has 1 saturated carbocycles. The molecule has 0 unspecified atom stereocenters. The number of rotatable bonds is 3. The van der Waals surface area contributed by atoms with Gasteiger partial charge in [-0.15, -0.1) is 0 Å². The quantitative estimate of drug-likeness (QED) is 0.683. The predicted molar refractivity (Wildman–Crippen MR) is 50.9 cm³/mol. The third-order valence-corrected chi connectivity index (χ3v) is 3.25. The van der Waals surface area contributed by atoms with Crippen molar-refractivity contribution in [2.75, 3.05) is 26.2 Å². The highest BCUT2D eigenvalue weighted by atomic mass is 15.1. The molecule has 2 nitrogen and oxygen atoms in total. The van der Waals surface area contributed by atoms with Gasteiger partial charge in [-0.05, 0) is 57.2 Å². The molecule has 2 aliphatic rings. The molecule has 1 heterocycles. The van der Waals surface area contributed by atoms with Gasteiger partial charge in [-0.2, -0.15) is 0 Å². The fraction of sp³-hybridized carbons (Fsp3) is 1.00. The lowest BCUT2D eigenvalue weighted by atomic mass is 9.97. The van der Waals surface area contributed by atoms with E-state index in [9.17, 15) is 0 Å². The zero-order valence-corrected chi connectivity index (χ0v) is 7.84. The van der Waals surface area contributed by atoms with Crippen molar-refractivity contribution in [3.05, 3.63) is 0 Å². The van der Waals surface area contributed by atoms with Crippen LogP contribution in [0.15, 0.2) is 0 Å². The third-order valence-electron chi connectivity index (χ3n) is 3.25. The van der Waals surface area contributed by atoms with Crippen molar-refractivity contribution >= 4 is 0 Å². The minimum absolute atomic E-state index is 0.820. The van der Waals surface area contributed by atoms with Gasteiger partial charge in [0.05, 0.1) is 0 Å². The highest BCUT2D eigenvalue weighted by Gasteiger charge is 2.26. The standard InChI is InChI=1S/C10H20N2/c11-7-9-3-5-12(6-4-9)8-10-1-2-10/h9-10H,1-8,11H2. The Kier molecular flexibility index (Phi) is 2.66. The summed E-state index contributed by atoms with van der Waals surface area (Å²) in [5, 5.41) is 0. The molecule has 2 heteroatoms. The normalized spacial score (nSPS) is 27.8. The maximum atomic E-state index is 5.64. The van der Waals surface area contributed by atoms with Gasteiger partial charge in [-0.25, -0.2) is 0 Å². The van der Waals surface area contributed by atoms with Crippen LogP contribution < -0.4 is 5.73 Å². The summed E-state index contributed by atoms with van der Waals surface area (Å²) >= 11 is 0. The lowest BCUT2D eigenvalue weighted by Gasteiger charge is -2.31. The Morgan fingerprint density at radius 2 is 1.67 bits per heavy atom. The van der Waals surface area contributed by atoms with Gasteiger partial charge in [-0.1, -0.05) is 0 Å². The summed E-state index contributed by atoms with van der Waals surface area (Å²) in [6.45, 7) is 4.88. The van der Waals surface area contributed by atoms with E-state index in [0.29, 0.717) is 0 Å². The number of likely N-dealkylation sites (tertiary alicyclic amines) is 1. The van der Waals surface area contributed by atoms with Crippen LogP contribution >= 0.6 is 0 Å². The average Bonchev–Trinajstić information content (AvgIpc) is 2.90. The maximum absolute atomic E-state index is 5.64. The van der Waals surface area contributed by atoms with Crippen LogP contribution in [0.2, 0.25) is 0 Å². The zero-order valence-electron chi connectivity index (χ0n) is 7.84. The van der Waals surface area contributed by atoms with Gasteiger partial charge in [0, 0.05) is 6.54 Å². The Morgan fingerprint density at radius 3 is 2.17 bits per heavy atom. The first-order valence-corrected chi connectivity index (χ1v) is 5.31. The molecule has 0 spiro atoms. The highest BCUT2D eigenvalue weighted by molar-refractivity contribution is 4.80. The molecule has 12 heavy (non-hydrogen) atoms. The molecule has 0 aromatic heterocycles. The summed E-state index contributed by atoms with van der Waals surface area (Å²) in [5.41, 5.74) is 5.64. The molecule has 0 bridgehead atoms. The minimum Gasteiger partial charge on any atom is -0.330 e. The lowest BCUT2D eigenvalue weighted by molar-refractivity contribution is 0.181. The van der Waals surface area contributed by atoms with Crippen LogP contribution in [0.4, 0.5) is 0 Å². The number of nitrogens with two attached hydrogens (primary N) is 1. The van der Waals surface area contributed by atoms with Gasteiger partial charge in [0.1, 0.15) is 0 Å². The first-order valence-electron chi connectivity index (χ1n) is 5.31. The summed E-state index contributed by atoms with van der Waals surface area (Å²) in [6, 6.07) is 0. The number of nitrogens with zero attached hydrogens (tertiary/aromatic N) is 1. The van der Waals surface area contributed by atoms with Gasteiger partial charge in [0.15, 0.2) is 0 Å². The van der Waals surface area contributed by atoms with Crippen molar-refractivity contribution in [1.29, 1.82) is 0 Å². The molecule has 2 fully saturated rings. The van der Waals surface area contributed by atoms with E-state index in [1.165, 1.54) is 45.3 Å². The van der Waals surface area contributed by atoms with Crippen molar-refractivity contribution in [3.63, 3.8) is 0 Å². The van der Waals surface area contributed by atoms with E-state index in [-0.39, 0.29) is 0 Å². The number of hydrogen-bond acceptors (Lipinski definition) is 2. The summed E-state index contributed by atoms with van der Waals surface area (Å²) < 4.78 is 0. The Balaban J connectivity index is 1.66. The predicted octanol–water partition coefficient (Wildman–Crippen LogP) is 1.07. The van der Waals surface area contributed by atoms with E-state index in [1.807, 2.05) is 0 Å². The summed E-state index contributed by atoms with van der Waals surface area (Å²) in [6.07, 6.45) is 5.64. The fourth-order valence-corrected chi connectivity index (χ4v) is 2.07. The zero-order chi connectivity index (χ0) is 8.39. The molecule has 0 amide bonds. The summed E-state index contributed by atoms with van der Waals surface area (Å²) in [5.74, 6) is 1.87. The SMILES string of the molecule is NCC1CCN(CC2CC2)CC1. The molecular formula is C10H20N2. The average molecular weight is 168 g/mol.